The van der Waals surface area contributed by atoms with Crippen molar-refractivity contribution in [3.05, 3.63) is 77.4 Å². The number of nitrogens with two attached hydrogens (primary N) is 1. The molecule has 0 aromatic heterocycles. The van der Waals surface area contributed by atoms with Crippen molar-refractivity contribution in [1.82, 2.24) is 5.32 Å². The zero-order valence-corrected chi connectivity index (χ0v) is 16.7. The number of carbonyl (C=O) groups excluding carboxylic acids is 2. The third-order valence-corrected chi connectivity index (χ3v) is 5.62. The second-order valence-electron chi connectivity index (χ2n) is 7.90. The van der Waals surface area contributed by atoms with Gasteiger partial charge in [-0.05, 0) is 60.7 Å². The number of rotatable bonds is 5. The van der Waals surface area contributed by atoms with Gasteiger partial charge in [-0.1, -0.05) is 48.5 Å². The number of aryl methyl sites for hydroxylation is 1. The normalized spacial score (nSPS) is 15.6. The number of anilines is 1. The van der Waals surface area contributed by atoms with E-state index in [4.69, 9.17) is 5.73 Å². The Morgan fingerprint density at radius 3 is 2.52 bits per heavy atom. The summed E-state index contributed by atoms with van der Waals surface area (Å²) in [6.07, 6.45) is 1.39. The minimum Gasteiger partial charge on any atom is -0.345 e. The summed E-state index contributed by atoms with van der Waals surface area (Å²) in [7, 11) is 0. The highest BCUT2D eigenvalue weighted by Gasteiger charge is 2.45. The number of hydrogen-bond acceptors (Lipinski definition) is 3. The Kier molecular flexibility index (Phi) is 4.84. The molecule has 0 radical (unpaired) electrons. The Morgan fingerprint density at radius 2 is 1.76 bits per heavy atom. The molecule has 3 aromatic rings. The van der Waals surface area contributed by atoms with Crippen molar-refractivity contribution >= 4 is 28.3 Å². The van der Waals surface area contributed by atoms with Crippen LogP contribution in [0.2, 0.25) is 0 Å². The number of amides is 2. The van der Waals surface area contributed by atoms with Gasteiger partial charge >= 0.3 is 0 Å². The molecule has 0 spiro atoms. The van der Waals surface area contributed by atoms with Crippen LogP contribution in [0.4, 0.5) is 5.69 Å². The van der Waals surface area contributed by atoms with E-state index in [-0.39, 0.29) is 17.9 Å². The van der Waals surface area contributed by atoms with Gasteiger partial charge < -0.3 is 16.4 Å². The van der Waals surface area contributed by atoms with Gasteiger partial charge in [-0.15, -0.1) is 0 Å². The van der Waals surface area contributed by atoms with Crippen molar-refractivity contribution in [2.75, 3.05) is 5.32 Å². The van der Waals surface area contributed by atoms with E-state index in [2.05, 4.69) is 28.8 Å². The summed E-state index contributed by atoms with van der Waals surface area (Å²) in [5.41, 5.74) is 8.23. The van der Waals surface area contributed by atoms with E-state index < -0.39 is 5.54 Å². The lowest BCUT2D eigenvalue weighted by Crippen LogP contribution is -2.37. The molecule has 1 atom stereocenters. The Morgan fingerprint density at radius 1 is 1.03 bits per heavy atom. The van der Waals surface area contributed by atoms with Crippen molar-refractivity contribution < 1.29 is 9.59 Å². The van der Waals surface area contributed by atoms with Gasteiger partial charge in [0.25, 0.3) is 5.91 Å². The van der Waals surface area contributed by atoms with E-state index in [1.54, 1.807) is 12.1 Å². The highest BCUT2D eigenvalue weighted by Crippen LogP contribution is 2.33. The van der Waals surface area contributed by atoms with Crippen molar-refractivity contribution in [1.29, 1.82) is 0 Å². The van der Waals surface area contributed by atoms with Crippen LogP contribution in [-0.4, -0.2) is 17.4 Å². The molecule has 1 aliphatic rings. The lowest BCUT2D eigenvalue weighted by atomic mass is 9.99. The van der Waals surface area contributed by atoms with Crippen LogP contribution in [0.1, 0.15) is 47.3 Å². The first-order valence-electron chi connectivity index (χ1n) is 9.87. The summed E-state index contributed by atoms with van der Waals surface area (Å²) in [6, 6.07) is 19.4. The van der Waals surface area contributed by atoms with Crippen LogP contribution in [0.15, 0.2) is 60.7 Å². The molecule has 29 heavy (non-hydrogen) atoms. The minimum absolute atomic E-state index is 0.162. The molecule has 0 saturated heterocycles. The molecule has 0 aliphatic heterocycles. The van der Waals surface area contributed by atoms with Crippen LogP contribution >= 0.6 is 0 Å². The Bertz CT molecular complexity index is 1100. The number of benzene rings is 3. The monoisotopic (exact) mass is 387 g/mol. The highest BCUT2D eigenvalue weighted by atomic mass is 16.2. The molecule has 1 fully saturated rings. The standard InChI is InChI=1S/C24H25N3O2/c1-15-10-11-18(27-23(29)24(25)12-13-24)14-21(15)22(28)26-16(2)19-9-5-7-17-6-3-4-8-20(17)19/h3-11,14,16H,12-13,25H2,1-2H3,(H,26,28)(H,27,29)/t16-/m1/s1. The summed E-state index contributed by atoms with van der Waals surface area (Å²) in [5.74, 6) is -0.371. The molecule has 3 aromatic carbocycles. The first-order valence-corrected chi connectivity index (χ1v) is 9.87. The molecule has 2 amide bonds. The lowest BCUT2D eigenvalue weighted by molar-refractivity contribution is -0.118. The predicted octanol–water partition coefficient (Wildman–Crippen LogP) is 4.07. The number of fused-ring (bicyclic) bond motifs is 1. The number of carbonyl (C=O) groups is 2. The number of hydrogen-bond donors (Lipinski definition) is 3. The lowest BCUT2D eigenvalue weighted by Gasteiger charge is -2.18. The smallest absolute Gasteiger partial charge is 0.252 e. The van der Waals surface area contributed by atoms with Gasteiger partial charge in [0.15, 0.2) is 0 Å². The van der Waals surface area contributed by atoms with Gasteiger partial charge in [-0.3, -0.25) is 9.59 Å². The number of nitrogens with one attached hydrogen (secondary N) is 2. The molecule has 0 heterocycles. The van der Waals surface area contributed by atoms with E-state index in [0.717, 1.165) is 21.9 Å². The van der Waals surface area contributed by atoms with Gasteiger partial charge in [0.1, 0.15) is 0 Å². The maximum absolute atomic E-state index is 13.0. The van der Waals surface area contributed by atoms with E-state index in [9.17, 15) is 9.59 Å². The molecule has 1 saturated carbocycles. The molecule has 148 valence electrons. The molecule has 4 rings (SSSR count). The second-order valence-corrected chi connectivity index (χ2v) is 7.90. The molecule has 0 bridgehead atoms. The first-order chi connectivity index (χ1) is 13.9. The van der Waals surface area contributed by atoms with Gasteiger partial charge in [0, 0.05) is 11.3 Å². The fourth-order valence-corrected chi connectivity index (χ4v) is 3.54. The topological polar surface area (TPSA) is 84.2 Å². The van der Waals surface area contributed by atoms with Gasteiger partial charge in [-0.25, -0.2) is 0 Å². The molecule has 5 heteroatoms. The van der Waals surface area contributed by atoms with Gasteiger partial charge in [-0.2, -0.15) is 0 Å². The zero-order chi connectivity index (χ0) is 20.6. The van der Waals surface area contributed by atoms with Crippen molar-refractivity contribution in [3.8, 4) is 0 Å². The van der Waals surface area contributed by atoms with Crippen molar-refractivity contribution in [2.24, 2.45) is 5.73 Å². The van der Waals surface area contributed by atoms with E-state index in [0.29, 0.717) is 24.1 Å². The van der Waals surface area contributed by atoms with Crippen LogP contribution in [0, 0.1) is 6.92 Å². The molecular formula is C24H25N3O2. The Balaban J connectivity index is 1.54. The van der Waals surface area contributed by atoms with E-state index in [1.165, 1.54) is 0 Å². The molecule has 5 nitrogen and oxygen atoms in total. The summed E-state index contributed by atoms with van der Waals surface area (Å²) in [6.45, 7) is 3.86. The zero-order valence-electron chi connectivity index (χ0n) is 16.7. The van der Waals surface area contributed by atoms with Crippen molar-refractivity contribution in [3.63, 3.8) is 0 Å². The molecule has 1 aliphatic carbocycles. The third kappa shape index (κ3) is 3.87. The minimum atomic E-state index is -0.754. The maximum atomic E-state index is 13.0. The van der Waals surface area contributed by atoms with Gasteiger partial charge in [0.2, 0.25) is 5.91 Å². The summed E-state index contributed by atoms with van der Waals surface area (Å²) < 4.78 is 0. The fourth-order valence-electron chi connectivity index (χ4n) is 3.54. The van der Waals surface area contributed by atoms with Crippen LogP contribution < -0.4 is 16.4 Å². The Hall–Kier alpha value is -3.18. The van der Waals surface area contributed by atoms with Crippen LogP contribution in [-0.2, 0) is 4.79 Å². The summed E-state index contributed by atoms with van der Waals surface area (Å²) >= 11 is 0. The van der Waals surface area contributed by atoms with E-state index >= 15 is 0 Å². The maximum Gasteiger partial charge on any atom is 0.252 e. The Labute approximate surface area is 170 Å². The predicted molar refractivity (Wildman–Crippen MR) is 116 cm³/mol. The third-order valence-electron chi connectivity index (χ3n) is 5.62. The van der Waals surface area contributed by atoms with E-state index in [1.807, 2.05) is 44.2 Å². The molecule has 4 N–H and O–H groups in total. The van der Waals surface area contributed by atoms with Crippen LogP contribution in [0.3, 0.4) is 0 Å². The largest absolute Gasteiger partial charge is 0.345 e. The quantitative estimate of drug-likeness (QED) is 0.617. The van der Waals surface area contributed by atoms with Gasteiger partial charge in [0.05, 0.1) is 11.6 Å². The average Bonchev–Trinajstić information content (AvgIpc) is 3.47. The summed E-state index contributed by atoms with van der Waals surface area (Å²) in [4.78, 5) is 25.2. The molecule has 0 unspecified atom stereocenters. The fraction of sp³-hybridized carbons (Fsp3) is 0.250. The van der Waals surface area contributed by atoms with Crippen LogP contribution in [0.25, 0.3) is 10.8 Å². The molecular weight excluding hydrogens is 362 g/mol. The first kappa shape index (κ1) is 19.2. The highest BCUT2D eigenvalue weighted by molar-refractivity contribution is 6.02. The average molecular weight is 387 g/mol. The SMILES string of the molecule is Cc1ccc(NC(=O)C2(N)CC2)cc1C(=O)N[C@H](C)c1cccc2ccccc12. The van der Waals surface area contributed by atoms with Crippen LogP contribution in [0.5, 0.6) is 0 Å². The second kappa shape index (κ2) is 7.33. The summed E-state index contributed by atoms with van der Waals surface area (Å²) in [5, 5.41) is 8.19. The van der Waals surface area contributed by atoms with Crippen molar-refractivity contribution in [2.45, 2.75) is 38.3 Å².